The monoisotopic (exact) mass is 378 g/mol. The molecule has 148 valence electrons. The Labute approximate surface area is 167 Å². The van der Waals surface area contributed by atoms with Crippen LogP contribution in [0.25, 0.3) is 22.3 Å². The standard InChI is InChI=1S/C24H30N2O2/c1-2-3-4-5-6-7-8-11-18-28-20-16-14-19(15-17-20)23-25-22-13-10-9-12-21(22)24(27)26-23/h9-10,12-17H,2-8,11,18H2,1H3,(H,25,26,27). The van der Waals surface area contributed by atoms with Crippen LogP contribution in [0.5, 0.6) is 5.75 Å². The van der Waals surface area contributed by atoms with E-state index in [1.807, 2.05) is 42.5 Å². The Morgan fingerprint density at radius 3 is 2.29 bits per heavy atom. The summed E-state index contributed by atoms with van der Waals surface area (Å²) in [5.41, 5.74) is 1.47. The van der Waals surface area contributed by atoms with Gasteiger partial charge in [0.2, 0.25) is 0 Å². The predicted molar refractivity (Wildman–Crippen MR) is 116 cm³/mol. The van der Waals surface area contributed by atoms with E-state index in [1.165, 1.54) is 44.9 Å². The molecular formula is C24H30N2O2. The van der Waals surface area contributed by atoms with E-state index in [0.29, 0.717) is 16.7 Å². The highest BCUT2D eigenvalue weighted by atomic mass is 16.5. The molecule has 0 aliphatic rings. The molecule has 0 spiro atoms. The van der Waals surface area contributed by atoms with Crippen molar-refractivity contribution in [3.63, 3.8) is 0 Å². The number of ether oxygens (including phenoxy) is 1. The molecule has 0 saturated carbocycles. The second kappa shape index (κ2) is 10.6. The lowest BCUT2D eigenvalue weighted by atomic mass is 10.1. The first kappa shape index (κ1) is 20.1. The van der Waals surface area contributed by atoms with E-state index in [4.69, 9.17) is 4.74 Å². The first-order valence-electron chi connectivity index (χ1n) is 10.5. The lowest BCUT2D eigenvalue weighted by Gasteiger charge is -2.08. The van der Waals surface area contributed by atoms with Crippen LogP contribution in [-0.4, -0.2) is 16.6 Å². The van der Waals surface area contributed by atoms with Gasteiger partial charge in [-0.25, -0.2) is 4.98 Å². The first-order valence-corrected chi connectivity index (χ1v) is 10.5. The van der Waals surface area contributed by atoms with Gasteiger partial charge in [0.05, 0.1) is 17.5 Å². The minimum Gasteiger partial charge on any atom is -0.494 e. The Bertz CT molecular complexity index is 916. The minimum absolute atomic E-state index is 0.115. The minimum atomic E-state index is -0.115. The van der Waals surface area contributed by atoms with Crippen molar-refractivity contribution in [2.24, 2.45) is 0 Å². The molecule has 0 fully saturated rings. The number of hydrogen-bond acceptors (Lipinski definition) is 3. The van der Waals surface area contributed by atoms with Gasteiger partial charge in [0.25, 0.3) is 5.56 Å². The summed E-state index contributed by atoms with van der Waals surface area (Å²) < 4.78 is 5.84. The zero-order valence-corrected chi connectivity index (χ0v) is 16.7. The van der Waals surface area contributed by atoms with Gasteiger partial charge in [-0.2, -0.15) is 0 Å². The molecule has 1 N–H and O–H groups in total. The number of fused-ring (bicyclic) bond motifs is 1. The van der Waals surface area contributed by atoms with Gasteiger partial charge in [-0.05, 0) is 42.8 Å². The summed E-state index contributed by atoms with van der Waals surface area (Å²) in [6, 6.07) is 15.1. The second-order valence-electron chi connectivity index (χ2n) is 7.28. The third-order valence-corrected chi connectivity index (χ3v) is 5.01. The maximum absolute atomic E-state index is 12.2. The van der Waals surface area contributed by atoms with Crippen molar-refractivity contribution in [3.8, 4) is 17.1 Å². The highest BCUT2D eigenvalue weighted by Crippen LogP contribution is 2.20. The van der Waals surface area contributed by atoms with E-state index in [-0.39, 0.29) is 5.56 Å². The van der Waals surface area contributed by atoms with Crippen LogP contribution in [0.1, 0.15) is 58.3 Å². The largest absolute Gasteiger partial charge is 0.494 e. The number of unbranched alkanes of at least 4 members (excludes halogenated alkanes) is 7. The summed E-state index contributed by atoms with van der Waals surface area (Å²) in [6.07, 6.45) is 10.4. The first-order chi connectivity index (χ1) is 13.8. The Balaban J connectivity index is 1.47. The molecule has 0 aliphatic carbocycles. The van der Waals surface area contributed by atoms with E-state index in [9.17, 15) is 4.79 Å². The lowest BCUT2D eigenvalue weighted by molar-refractivity contribution is 0.304. The molecule has 0 atom stereocenters. The average molecular weight is 379 g/mol. The smallest absolute Gasteiger partial charge is 0.259 e. The third kappa shape index (κ3) is 5.69. The number of aromatic nitrogens is 2. The summed E-state index contributed by atoms with van der Waals surface area (Å²) in [6.45, 7) is 3.00. The molecule has 0 amide bonds. The van der Waals surface area contributed by atoms with Gasteiger partial charge in [0.1, 0.15) is 11.6 Å². The number of nitrogens with one attached hydrogen (secondary N) is 1. The van der Waals surface area contributed by atoms with Crippen molar-refractivity contribution in [3.05, 3.63) is 58.9 Å². The fourth-order valence-electron chi connectivity index (χ4n) is 3.36. The van der Waals surface area contributed by atoms with E-state index >= 15 is 0 Å². The zero-order chi connectivity index (χ0) is 19.6. The highest BCUT2D eigenvalue weighted by Gasteiger charge is 2.06. The molecule has 28 heavy (non-hydrogen) atoms. The summed E-state index contributed by atoms with van der Waals surface area (Å²) in [5, 5.41) is 0.608. The Hall–Kier alpha value is -2.62. The van der Waals surface area contributed by atoms with Gasteiger partial charge in [-0.15, -0.1) is 0 Å². The third-order valence-electron chi connectivity index (χ3n) is 5.01. The van der Waals surface area contributed by atoms with Crippen LogP contribution in [0.2, 0.25) is 0 Å². The molecule has 3 aromatic rings. The van der Waals surface area contributed by atoms with Crippen LogP contribution in [0.15, 0.2) is 53.3 Å². The summed E-state index contributed by atoms with van der Waals surface area (Å²) in [7, 11) is 0. The van der Waals surface area contributed by atoms with Gasteiger partial charge in [0.15, 0.2) is 0 Å². The van der Waals surface area contributed by atoms with Crippen molar-refractivity contribution in [1.29, 1.82) is 0 Å². The van der Waals surface area contributed by atoms with E-state index in [0.717, 1.165) is 24.3 Å². The van der Waals surface area contributed by atoms with Gasteiger partial charge in [-0.1, -0.05) is 64.0 Å². The molecule has 0 bridgehead atoms. The lowest BCUT2D eigenvalue weighted by Crippen LogP contribution is -2.09. The number of hydrogen-bond donors (Lipinski definition) is 1. The predicted octanol–water partition coefficient (Wildman–Crippen LogP) is 6.11. The fraction of sp³-hybridized carbons (Fsp3) is 0.417. The van der Waals surface area contributed by atoms with Crippen molar-refractivity contribution in [2.75, 3.05) is 6.61 Å². The van der Waals surface area contributed by atoms with Crippen LogP contribution in [-0.2, 0) is 0 Å². The molecule has 0 unspecified atom stereocenters. The van der Waals surface area contributed by atoms with E-state index < -0.39 is 0 Å². The van der Waals surface area contributed by atoms with Gasteiger partial charge in [0, 0.05) is 5.56 Å². The highest BCUT2D eigenvalue weighted by molar-refractivity contribution is 5.79. The quantitative estimate of drug-likeness (QED) is 0.410. The Morgan fingerprint density at radius 2 is 1.54 bits per heavy atom. The molecule has 0 aliphatic heterocycles. The topological polar surface area (TPSA) is 55.0 Å². The summed E-state index contributed by atoms with van der Waals surface area (Å²) in [4.78, 5) is 19.6. The van der Waals surface area contributed by atoms with Gasteiger partial charge in [-0.3, -0.25) is 4.79 Å². The number of H-pyrrole nitrogens is 1. The van der Waals surface area contributed by atoms with E-state index in [2.05, 4.69) is 16.9 Å². The van der Waals surface area contributed by atoms with Crippen molar-refractivity contribution >= 4 is 10.9 Å². The molecule has 0 saturated heterocycles. The molecule has 2 aromatic carbocycles. The van der Waals surface area contributed by atoms with E-state index in [1.54, 1.807) is 6.07 Å². The van der Waals surface area contributed by atoms with Crippen LogP contribution >= 0.6 is 0 Å². The molecule has 1 heterocycles. The zero-order valence-electron chi connectivity index (χ0n) is 16.7. The maximum atomic E-state index is 12.2. The van der Waals surface area contributed by atoms with Crippen LogP contribution in [0.3, 0.4) is 0 Å². The average Bonchev–Trinajstić information content (AvgIpc) is 2.73. The van der Waals surface area contributed by atoms with Crippen molar-refractivity contribution in [2.45, 2.75) is 58.3 Å². The molecule has 4 heteroatoms. The summed E-state index contributed by atoms with van der Waals surface area (Å²) in [5.74, 6) is 1.44. The SMILES string of the molecule is CCCCCCCCCCOc1ccc(-c2nc3ccccc3c(=O)[nH]2)cc1. The second-order valence-corrected chi connectivity index (χ2v) is 7.28. The number of nitrogens with zero attached hydrogens (tertiary/aromatic N) is 1. The molecule has 1 aromatic heterocycles. The van der Waals surface area contributed by atoms with Gasteiger partial charge < -0.3 is 9.72 Å². The number of para-hydroxylation sites is 1. The molecule has 4 nitrogen and oxygen atoms in total. The number of rotatable bonds is 11. The van der Waals surface area contributed by atoms with Gasteiger partial charge >= 0.3 is 0 Å². The maximum Gasteiger partial charge on any atom is 0.259 e. The number of benzene rings is 2. The van der Waals surface area contributed by atoms with Crippen LogP contribution in [0, 0.1) is 0 Å². The molecule has 3 rings (SSSR count). The summed E-state index contributed by atoms with van der Waals surface area (Å²) >= 11 is 0. The van der Waals surface area contributed by atoms with Crippen LogP contribution in [0.4, 0.5) is 0 Å². The fourth-order valence-corrected chi connectivity index (χ4v) is 3.36. The Kier molecular flexibility index (Phi) is 7.65. The molecular weight excluding hydrogens is 348 g/mol. The van der Waals surface area contributed by atoms with Crippen LogP contribution < -0.4 is 10.3 Å². The number of aromatic amines is 1. The van der Waals surface area contributed by atoms with Crippen molar-refractivity contribution < 1.29 is 4.74 Å². The molecule has 0 radical (unpaired) electrons. The Morgan fingerprint density at radius 1 is 0.857 bits per heavy atom. The normalized spacial score (nSPS) is 11.0. The van der Waals surface area contributed by atoms with Crippen molar-refractivity contribution in [1.82, 2.24) is 9.97 Å².